The van der Waals surface area contributed by atoms with E-state index in [2.05, 4.69) is 22.6 Å². The average molecular weight is 236 g/mol. The Bertz CT molecular complexity index is 429. The molecule has 1 fully saturated rings. The molecule has 2 bridgehead atoms. The Kier molecular flexibility index (Phi) is 2.63. The van der Waals surface area contributed by atoms with Crippen LogP contribution < -0.4 is 0 Å². The Morgan fingerprint density at radius 1 is 1.00 bits per heavy atom. The Morgan fingerprint density at radius 2 is 1.35 bits per heavy atom. The van der Waals surface area contributed by atoms with Crippen molar-refractivity contribution in [2.24, 2.45) is 0 Å². The highest BCUT2D eigenvalue weighted by Gasteiger charge is 2.51. The third-order valence-electron chi connectivity index (χ3n) is 2.94. The zero-order valence-corrected chi connectivity index (χ0v) is 9.61. The van der Waals surface area contributed by atoms with Gasteiger partial charge in [0.2, 0.25) is 0 Å². The van der Waals surface area contributed by atoms with E-state index in [4.69, 9.17) is 4.74 Å². The number of methoxy groups -OCH3 is 2. The molecule has 0 aromatic heterocycles. The van der Waals surface area contributed by atoms with Crippen molar-refractivity contribution in [3.05, 3.63) is 35.5 Å². The maximum absolute atomic E-state index is 11.6. The van der Waals surface area contributed by atoms with E-state index in [1.54, 1.807) is 0 Å². The van der Waals surface area contributed by atoms with Crippen LogP contribution in [0, 0.1) is 0 Å². The van der Waals surface area contributed by atoms with Crippen molar-refractivity contribution in [3.63, 3.8) is 0 Å². The Balaban J connectivity index is 2.54. The fraction of sp³-hybridized carbons (Fsp3) is 0.333. The van der Waals surface area contributed by atoms with Crippen LogP contribution in [0.5, 0.6) is 0 Å². The molecule has 0 spiro atoms. The van der Waals surface area contributed by atoms with Gasteiger partial charge >= 0.3 is 11.9 Å². The summed E-state index contributed by atoms with van der Waals surface area (Å²) in [6.45, 7) is 7.57. The molecule has 2 atom stereocenters. The molecule has 0 amide bonds. The maximum Gasteiger partial charge on any atom is 0.337 e. The molecule has 1 saturated heterocycles. The van der Waals surface area contributed by atoms with E-state index < -0.39 is 24.1 Å². The van der Waals surface area contributed by atoms with E-state index in [0.717, 1.165) is 0 Å². The third kappa shape index (κ3) is 1.43. The average Bonchev–Trinajstić information content (AvgIpc) is 2.85. The number of carbonyl (C=O) groups is 2. The molecular weight excluding hydrogens is 224 g/mol. The number of hydrogen-bond donors (Lipinski definition) is 0. The van der Waals surface area contributed by atoms with Crippen LogP contribution >= 0.6 is 0 Å². The minimum atomic E-state index is -0.644. The summed E-state index contributed by atoms with van der Waals surface area (Å²) in [5, 5.41) is 0. The molecule has 2 heterocycles. The summed E-state index contributed by atoms with van der Waals surface area (Å²) in [6.07, 6.45) is -1.29. The first-order valence-corrected chi connectivity index (χ1v) is 4.97. The summed E-state index contributed by atoms with van der Waals surface area (Å²) in [4.78, 5) is 23.3. The third-order valence-corrected chi connectivity index (χ3v) is 2.94. The molecule has 0 aromatic carbocycles. The van der Waals surface area contributed by atoms with Gasteiger partial charge in [-0.15, -0.1) is 0 Å². The number of hydrogen-bond acceptors (Lipinski definition) is 5. The second-order valence-electron chi connectivity index (χ2n) is 3.76. The van der Waals surface area contributed by atoms with Crippen molar-refractivity contribution in [2.75, 3.05) is 14.2 Å². The van der Waals surface area contributed by atoms with Gasteiger partial charge < -0.3 is 14.2 Å². The van der Waals surface area contributed by atoms with E-state index >= 15 is 0 Å². The smallest absolute Gasteiger partial charge is 0.337 e. The first-order valence-electron chi connectivity index (χ1n) is 4.97. The van der Waals surface area contributed by atoms with Gasteiger partial charge in [0.15, 0.2) is 0 Å². The fourth-order valence-electron chi connectivity index (χ4n) is 2.06. The van der Waals surface area contributed by atoms with Gasteiger partial charge in [-0.1, -0.05) is 13.2 Å². The van der Waals surface area contributed by atoms with E-state index in [9.17, 15) is 9.59 Å². The Morgan fingerprint density at radius 3 is 1.65 bits per heavy atom. The summed E-state index contributed by atoms with van der Waals surface area (Å²) in [5.41, 5.74) is 1.54. The first-order chi connectivity index (χ1) is 8.02. The fourth-order valence-corrected chi connectivity index (χ4v) is 2.06. The lowest BCUT2D eigenvalue weighted by Gasteiger charge is -2.16. The quantitative estimate of drug-likeness (QED) is 0.654. The Hall–Kier alpha value is -1.88. The molecule has 90 valence electrons. The molecule has 0 saturated carbocycles. The van der Waals surface area contributed by atoms with Gasteiger partial charge in [-0.3, -0.25) is 0 Å². The predicted octanol–water partition coefficient (Wildman–Crippen LogP) is 0.522. The topological polar surface area (TPSA) is 61.8 Å². The van der Waals surface area contributed by atoms with Gasteiger partial charge in [-0.25, -0.2) is 9.59 Å². The molecule has 0 aromatic rings. The molecule has 2 unspecified atom stereocenters. The maximum atomic E-state index is 11.6. The number of ether oxygens (including phenoxy) is 3. The molecule has 0 aliphatic carbocycles. The highest BCUT2D eigenvalue weighted by molar-refractivity contribution is 6.05. The van der Waals surface area contributed by atoms with E-state index in [1.165, 1.54) is 14.2 Å². The van der Waals surface area contributed by atoms with E-state index in [1.807, 2.05) is 0 Å². The van der Waals surface area contributed by atoms with Gasteiger partial charge in [-0.2, -0.15) is 0 Å². The molecule has 2 aliphatic rings. The van der Waals surface area contributed by atoms with Crippen LogP contribution in [0.25, 0.3) is 0 Å². The molecule has 2 rings (SSSR count). The van der Waals surface area contributed by atoms with E-state index in [0.29, 0.717) is 11.1 Å². The lowest BCUT2D eigenvalue weighted by Crippen LogP contribution is -2.25. The van der Waals surface area contributed by atoms with Crippen LogP contribution in [0.3, 0.4) is 0 Å². The minimum absolute atomic E-state index is 0.168. The molecule has 0 N–H and O–H groups in total. The second-order valence-corrected chi connectivity index (χ2v) is 3.76. The molecule has 2 aliphatic heterocycles. The van der Waals surface area contributed by atoms with Crippen molar-refractivity contribution >= 4 is 11.9 Å². The number of rotatable bonds is 2. The van der Waals surface area contributed by atoms with Crippen molar-refractivity contribution < 1.29 is 23.8 Å². The van der Waals surface area contributed by atoms with Crippen molar-refractivity contribution in [1.82, 2.24) is 0 Å². The number of esters is 2. The normalized spacial score (nSPS) is 26.5. The summed E-state index contributed by atoms with van der Waals surface area (Å²) in [6, 6.07) is 0. The van der Waals surface area contributed by atoms with Crippen molar-refractivity contribution in [3.8, 4) is 0 Å². The molecule has 0 radical (unpaired) electrons. The van der Waals surface area contributed by atoms with Crippen LogP contribution in [0.2, 0.25) is 0 Å². The molecule has 17 heavy (non-hydrogen) atoms. The minimum Gasteiger partial charge on any atom is -0.466 e. The van der Waals surface area contributed by atoms with Gasteiger partial charge in [0.1, 0.15) is 12.2 Å². The van der Waals surface area contributed by atoms with E-state index in [-0.39, 0.29) is 11.1 Å². The lowest BCUT2D eigenvalue weighted by molar-refractivity contribution is -0.139. The highest BCUT2D eigenvalue weighted by Crippen LogP contribution is 2.45. The number of carbonyl (C=O) groups excluding carboxylic acids is 2. The van der Waals surface area contributed by atoms with Crippen molar-refractivity contribution in [2.45, 2.75) is 12.2 Å². The van der Waals surface area contributed by atoms with Gasteiger partial charge in [0.05, 0.1) is 25.4 Å². The summed E-state index contributed by atoms with van der Waals surface area (Å²) >= 11 is 0. The highest BCUT2D eigenvalue weighted by atomic mass is 16.5. The van der Waals surface area contributed by atoms with Gasteiger partial charge in [-0.05, 0) is 11.1 Å². The predicted molar refractivity (Wildman–Crippen MR) is 58.0 cm³/mol. The van der Waals surface area contributed by atoms with Crippen molar-refractivity contribution in [1.29, 1.82) is 0 Å². The summed E-state index contributed by atoms with van der Waals surface area (Å²) in [5.74, 6) is -1.21. The largest absolute Gasteiger partial charge is 0.466 e. The summed E-state index contributed by atoms with van der Waals surface area (Å²) < 4.78 is 14.8. The van der Waals surface area contributed by atoms with Crippen LogP contribution in [0.15, 0.2) is 35.5 Å². The molecule has 5 nitrogen and oxygen atoms in total. The lowest BCUT2D eigenvalue weighted by atomic mass is 9.85. The molecule has 5 heteroatoms. The Labute approximate surface area is 98.3 Å². The van der Waals surface area contributed by atoms with Gasteiger partial charge in [0.25, 0.3) is 0 Å². The SMILES string of the molecule is C=C1C(=C)C2OC1C(C(=O)OC)=C2C(=O)OC. The van der Waals surface area contributed by atoms with Gasteiger partial charge in [0, 0.05) is 0 Å². The van der Waals surface area contributed by atoms with Crippen LogP contribution in [-0.4, -0.2) is 38.4 Å². The molecular formula is C12H12O5. The second kappa shape index (κ2) is 3.85. The standard InChI is InChI=1S/C12H12O5/c1-5-6(2)10-8(12(14)16-4)7(9(5)17-10)11(13)15-3/h9-10H,1-2H2,3-4H3. The zero-order chi connectivity index (χ0) is 12.7. The summed E-state index contributed by atoms with van der Waals surface area (Å²) in [7, 11) is 2.49. The van der Waals surface area contributed by atoms with Crippen LogP contribution in [-0.2, 0) is 23.8 Å². The van der Waals surface area contributed by atoms with Crippen LogP contribution in [0.4, 0.5) is 0 Å². The first kappa shape index (κ1) is 11.6. The van der Waals surface area contributed by atoms with Crippen LogP contribution in [0.1, 0.15) is 0 Å². The zero-order valence-electron chi connectivity index (χ0n) is 9.61. The monoisotopic (exact) mass is 236 g/mol. The number of fused-ring (bicyclic) bond motifs is 2.